The number of amides is 17. The number of carbonyl (C=O) groups is 11. The average molecular weight is 1900 g/mol. The molecule has 0 aromatic rings. The fourth-order valence-corrected chi connectivity index (χ4v) is 22.1. The van der Waals surface area contributed by atoms with Crippen LogP contribution in [0.4, 0.5) is 28.8 Å². The molecule has 17 amide bonds. The predicted molar refractivity (Wildman–Crippen MR) is 404 cm³/mol. The molecule has 0 aromatic carbocycles. The minimum absolute atomic E-state index is 0. The van der Waals surface area contributed by atoms with Gasteiger partial charge in [0, 0.05) is 128 Å². The van der Waals surface area contributed by atoms with E-state index >= 15 is 0 Å². The lowest BCUT2D eigenvalue weighted by molar-refractivity contribution is -0.368. The first-order valence-corrected chi connectivity index (χ1v) is 45.0. The molecule has 19 aliphatic rings. The highest BCUT2D eigenvalue weighted by Crippen LogP contribution is 2.46. The molecule has 18 aliphatic heterocycles. The van der Waals surface area contributed by atoms with Crippen molar-refractivity contribution in [2.75, 3.05) is 112 Å². The molecule has 0 spiro atoms. The molecule has 0 aromatic heterocycles. The highest BCUT2D eigenvalue weighted by molar-refractivity contribution is 7.81. The lowest BCUT2D eigenvalue weighted by atomic mass is 9.83. The number of nitrogens with one attached hydrogen (secondary N) is 3. The summed E-state index contributed by atoms with van der Waals surface area (Å²) in [4.78, 5) is 146. The first-order chi connectivity index (χ1) is 55.1. The van der Waals surface area contributed by atoms with Crippen molar-refractivity contribution in [3.63, 3.8) is 0 Å². The van der Waals surface area contributed by atoms with Crippen LogP contribution in [0.15, 0.2) is 0 Å². The van der Waals surface area contributed by atoms with Gasteiger partial charge in [0.15, 0.2) is 0 Å². The van der Waals surface area contributed by atoms with Crippen molar-refractivity contribution in [3.05, 3.63) is 0 Å². The summed E-state index contributed by atoms with van der Waals surface area (Å²) in [6, 6.07) is -10.0. The lowest BCUT2D eigenvalue weighted by Gasteiger charge is -2.40. The molecule has 0 radical (unpaired) electrons. The fraction of sp³-hybridized carbons (Fsp3) is 0.825. The second-order valence-electron chi connectivity index (χ2n) is 31.4. The highest BCUT2D eigenvalue weighted by Gasteiger charge is 2.63. The zero-order valence-corrected chi connectivity index (χ0v) is 67.0. The topological polar surface area (TPSA) is 708 Å². The maximum Gasteiger partial charge on any atom is 0.346 e. The van der Waals surface area contributed by atoms with Crippen LogP contribution in [0.3, 0.4) is 0 Å². The van der Waals surface area contributed by atoms with E-state index in [2.05, 4.69) is 47.4 Å². The van der Waals surface area contributed by atoms with E-state index in [1.165, 1.54) is 31.6 Å². The lowest BCUT2D eigenvalue weighted by Crippen LogP contribution is -2.55. The molecule has 124 heavy (non-hydrogen) atoms. The van der Waals surface area contributed by atoms with Crippen molar-refractivity contribution >= 4 is 128 Å². The van der Waals surface area contributed by atoms with E-state index in [9.17, 15) is 131 Å². The number of urea groups is 6. The molecule has 1 aliphatic carbocycles. The van der Waals surface area contributed by atoms with Crippen molar-refractivity contribution in [2.45, 2.75) is 187 Å². The number of hydrogen-bond donors (Lipinski definition) is 4. The Kier molecular flexibility index (Phi) is 30.6. The van der Waals surface area contributed by atoms with Gasteiger partial charge in [0.2, 0.25) is 91.9 Å². The molecule has 18 heterocycles. The van der Waals surface area contributed by atoms with Crippen molar-refractivity contribution in [3.8, 4) is 0 Å². The van der Waals surface area contributed by atoms with E-state index < -0.39 is 159 Å². The van der Waals surface area contributed by atoms with Crippen LogP contribution in [0.1, 0.15) is 102 Å². The molecule has 0 unspecified atom stereocenters. The number of nitrogens with zero attached hydrogens (tertiary/aromatic N) is 15. The summed E-state index contributed by atoms with van der Waals surface area (Å²) in [6.07, 6.45) is 5.78. The monoisotopic (exact) mass is 1890 g/mol. The Morgan fingerprint density at radius 3 is 1.12 bits per heavy atom. The second kappa shape index (κ2) is 37.4. The first kappa shape index (κ1) is 101. The number of hydrogen-bond acceptors (Lipinski definition) is 37. The van der Waals surface area contributed by atoms with Crippen molar-refractivity contribution in [2.24, 2.45) is 35.5 Å². The molecular weight excluding hydrogens is 1790 g/mol. The molecule has 18 saturated heterocycles. The van der Waals surface area contributed by atoms with Crippen LogP contribution in [-0.4, -0.2) is 415 Å². The Morgan fingerprint density at radius 1 is 0.371 bits per heavy atom. The van der Waals surface area contributed by atoms with Crippen LogP contribution in [0.5, 0.6) is 0 Å². The standard InChI is InChI=1S/C11H15N3O6S.C10H16N4O6S.C10H15N3O7S.C9H13N3O6S.C9H15N3O5S.C8H11N3O6S.6CH4/c15-10-9-6(4-12(10)7-1-2-7)3-8-5-13(9)11(16)14(8)20-21(17,18)19;11-1-2-12-4-6-3-7-5-13(8(6)9(12)15)10(16)14(7)20-21(17,18)19;1-19-4-7-6-2-5-3-12(8(6)9(14)11-7)10(15)13(5)20-21(16,17)18;1-10-3-5-2-6-4-11(7(5)8(10)13)9(14)12(6)18-19(15,16)17;13-9-11-5-7(12(9)17-18(14,15)16)3-6-1-2-10-4-8(6)11;12-7-6-4(2-9-7)1-5-3-10(6)8(13)11(5)17-18(14,15)16;;;;;;/h6-9H,1-5H2,(H,17,18,19);6-8H,1-5,11H2,(H,17,18,19);5-8H,2-4H2,1H3,(H,11,14)(H,16,17,18);5-7H,2-4H2,1H3,(H,15,16,17);6-8,10H,1-5H2,(H,14,15,16);4-6H,1-3H2,(H,9,12)(H,14,15,16);6*1H4/p-5/t6-,8+,9-;6-,7+,8-;5-,6+,7+,8+;5-,6+,7-;6-,7-,8-;4-,5+,6-;;;;;;/m001010....../s1. The minimum Gasteiger partial charge on any atom is -0.724 e. The quantitative estimate of drug-likeness (QED) is 0.0776. The molecule has 55 nitrogen and oxygen atoms in total. The maximum atomic E-state index is 12.4. The second-order valence-corrected chi connectivity index (χ2v) is 37.2. The smallest absolute Gasteiger partial charge is 0.346 e. The number of quaternary nitrogens is 1. The van der Waals surface area contributed by atoms with Crippen LogP contribution in [0, 0.1) is 35.5 Å². The van der Waals surface area contributed by atoms with E-state index in [1.807, 2.05) is 4.90 Å². The van der Waals surface area contributed by atoms with Gasteiger partial charge < -0.3 is 97.8 Å². The molecular formula is C63H104N19O36S6-5. The van der Waals surface area contributed by atoms with Crippen LogP contribution in [0.25, 0.3) is 0 Å². The molecule has 6 N–H and O–H groups in total. The van der Waals surface area contributed by atoms with E-state index in [1.54, 1.807) is 21.7 Å². The van der Waals surface area contributed by atoms with Crippen molar-refractivity contribution in [1.82, 2.24) is 90.4 Å². The van der Waals surface area contributed by atoms with Gasteiger partial charge in [0.25, 0.3) is 0 Å². The van der Waals surface area contributed by atoms with Gasteiger partial charge in [-0.1, -0.05) is 44.6 Å². The van der Waals surface area contributed by atoms with Gasteiger partial charge in [0.1, 0.15) is 30.2 Å². The summed E-state index contributed by atoms with van der Waals surface area (Å²) in [6.45, 7) is 6.49. The third-order valence-corrected chi connectivity index (χ3v) is 26.2. The van der Waals surface area contributed by atoms with Crippen molar-refractivity contribution in [1.29, 1.82) is 0 Å². The minimum atomic E-state index is -5.04. The van der Waals surface area contributed by atoms with Gasteiger partial charge in [0.05, 0.1) is 62.0 Å². The zero-order chi connectivity index (χ0) is 85.6. The number of likely N-dealkylation sites (tertiary alicyclic amines) is 3. The number of hydroxylamine groups is 12. The Hall–Kier alpha value is -7.93. The highest BCUT2D eigenvalue weighted by atomic mass is 32.3. The number of rotatable bonds is 17. The van der Waals surface area contributed by atoms with E-state index in [0.29, 0.717) is 135 Å². The summed E-state index contributed by atoms with van der Waals surface area (Å²) in [5.41, 5.74) is 3.71. The molecule has 19 atom stereocenters. The molecule has 19 fully saturated rings. The predicted octanol–water partition coefficient (Wildman–Crippen LogP) is -7.12. The summed E-state index contributed by atoms with van der Waals surface area (Å²) in [5.74, 6) is -1.02. The third kappa shape index (κ3) is 20.4. The fourth-order valence-electron chi connectivity index (χ4n) is 19.8. The van der Waals surface area contributed by atoms with E-state index in [4.69, 9.17) is 4.74 Å². The Balaban J connectivity index is 0.000000183. The number of likely N-dealkylation sites (N-methyl/N-ethyl adjacent to an activating group) is 1. The number of piperidine rings is 7. The van der Waals surface area contributed by atoms with E-state index in [-0.39, 0.29) is 155 Å². The number of carbonyl (C=O) groups excluding carboxylic acids is 11. The summed E-state index contributed by atoms with van der Waals surface area (Å²) in [7, 11) is -26.8. The summed E-state index contributed by atoms with van der Waals surface area (Å²) in [5, 5.41) is 12.3. The zero-order valence-electron chi connectivity index (χ0n) is 62.1. The summed E-state index contributed by atoms with van der Waals surface area (Å²) < 4.78 is 222. The SMILES string of the molecule is C.C.C.C.C.C.CN1C[C@@H]2C[C@@H]3CN(C(=O)N3OS(=O)(=O)[O-])[C@@H]2C1=O.COC[C@@H]1NC(=O)[C@@H]2[C@H]1C[C@@H]1CN2C(=O)N1OS(=O)(=O)[O-].O=C1N2C[C@@H](C[C@H]3CCNC[C@H]32)N1OS(=O)(=O)[O-].O=C1NC[C@@H]2C[C@@H]3CN(C(=O)N3OS(=O)(=O)[O-])[C@H]12.O=C1[C@@H]2[C@@H](C[C@@H]3CN2C(=O)N3OS(=O)(=O)[O-])CN1C1CC1.[NH3+]CCN1C[C@@H]2C[C@@H]3CN(C(=O)N3OS(=O)(=O)[O-])[C@@H]2C1=O. The van der Waals surface area contributed by atoms with Gasteiger partial charge in [-0.15, -0.1) is 0 Å². The van der Waals surface area contributed by atoms with Gasteiger partial charge >= 0.3 is 36.2 Å². The summed E-state index contributed by atoms with van der Waals surface area (Å²) >= 11 is 0. The van der Waals surface area contributed by atoms with Gasteiger partial charge in [-0.25, -0.2) is 79.3 Å². The Bertz CT molecular complexity index is 4830. The maximum absolute atomic E-state index is 12.4. The van der Waals surface area contributed by atoms with Crippen LogP contribution in [-0.2, 0) is 117 Å². The number of ether oxygens (including phenoxy) is 1. The van der Waals surface area contributed by atoms with Crippen LogP contribution in [0.2, 0.25) is 0 Å². The number of fused-ring (bicyclic) bond motifs is 24. The Morgan fingerprint density at radius 2 is 0.718 bits per heavy atom. The largest absolute Gasteiger partial charge is 0.724 e. The van der Waals surface area contributed by atoms with Crippen LogP contribution >= 0.6 is 0 Å². The molecule has 708 valence electrons. The first-order valence-electron chi connectivity index (χ1n) is 37.0. The number of methoxy groups -OCH3 is 1. The van der Waals surface area contributed by atoms with E-state index in [0.717, 1.165) is 30.9 Å². The normalized spacial score (nSPS) is 32.9. The van der Waals surface area contributed by atoms with Gasteiger partial charge in [-0.3, -0.25) is 24.0 Å². The van der Waals surface area contributed by atoms with Gasteiger partial charge in [-0.05, 0) is 70.3 Å². The van der Waals surface area contributed by atoms with Crippen LogP contribution < -0.4 is 21.7 Å². The van der Waals surface area contributed by atoms with Gasteiger partial charge in [-0.2, -0.15) is 56.1 Å². The molecule has 12 bridgehead atoms. The third-order valence-electron chi connectivity index (χ3n) is 24.2. The molecule has 61 heteroatoms. The molecule has 19 rings (SSSR count). The average Bonchev–Trinajstić information content (AvgIpc) is 1.61. The van der Waals surface area contributed by atoms with Crippen molar-refractivity contribution < 1.29 is 167 Å². The molecule has 1 saturated carbocycles. The Labute approximate surface area is 716 Å².